The van der Waals surface area contributed by atoms with Crippen molar-refractivity contribution in [2.75, 3.05) is 13.2 Å². The van der Waals surface area contributed by atoms with Crippen molar-refractivity contribution in [1.82, 2.24) is 14.7 Å². The highest BCUT2D eigenvalue weighted by Crippen LogP contribution is 2.33. The summed E-state index contributed by atoms with van der Waals surface area (Å²) in [4.78, 5) is 17.5. The molecule has 1 amide bonds. The molecule has 0 radical (unpaired) electrons. The van der Waals surface area contributed by atoms with Gasteiger partial charge in [0.05, 0.1) is 11.1 Å². The molecular weight excluding hydrogens is 333 g/mol. The van der Waals surface area contributed by atoms with Gasteiger partial charge in [-0.2, -0.15) is 0 Å². The first kappa shape index (κ1) is 16.7. The van der Waals surface area contributed by atoms with Gasteiger partial charge in [0.25, 0.3) is 5.91 Å². The third-order valence-corrected chi connectivity index (χ3v) is 5.02. The van der Waals surface area contributed by atoms with Crippen molar-refractivity contribution in [2.45, 2.75) is 25.3 Å². The molecule has 2 aromatic heterocycles. The Morgan fingerprint density at radius 2 is 2.04 bits per heavy atom. The number of aryl methyl sites for hydroxylation is 1. The second-order valence-corrected chi connectivity index (χ2v) is 6.62. The lowest BCUT2D eigenvalue weighted by Gasteiger charge is -2.38. The number of ether oxygens (including phenoxy) is 1. The van der Waals surface area contributed by atoms with E-state index in [2.05, 4.69) is 10.3 Å². The summed E-state index contributed by atoms with van der Waals surface area (Å²) in [6.07, 6.45) is 3.06. The fourth-order valence-electron chi connectivity index (χ4n) is 3.63. The summed E-state index contributed by atoms with van der Waals surface area (Å²) < 4.78 is 21.2. The molecule has 4 rings (SSSR count). The molecule has 26 heavy (non-hydrogen) atoms. The number of halogens is 1. The van der Waals surface area contributed by atoms with Crippen LogP contribution >= 0.6 is 0 Å². The van der Waals surface area contributed by atoms with Crippen LogP contribution in [0.4, 0.5) is 4.39 Å². The number of fused-ring (bicyclic) bond motifs is 1. The highest BCUT2D eigenvalue weighted by molar-refractivity contribution is 5.99. The van der Waals surface area contributed by atoms with Crippen LogP contribution in [0.5, 0.6) is 0 Å². The van der Waals surface area contributed by atoms with Gasteiger partial charge in [0.2, 0.25) is 0 Å². The molecular formula is C20H20FN3O2. The van der Waals surface area contributed by atoms with Gasteiger partial charge in [-0.3, -0.25) is 4.79 Å². The van der Waals surface area contributed by atoms with E-state index in [1.807, 2.05) is 41.8 Å². The molecule has 134 valence electrons. The van der Waals surface area contributed by atoms with Gasteiger partial charge in [0.1, 0.15) is 11.6 Å². The minimum atomic E-state index is -0.657. The van der Waals surface area contributed by atoms with Gasteiger partial charge in [-0.05, 0) is 49.6 Å². The van der Waals surface area contributed by atoms with Crippen LogP contribution in [0.25, 0.3) is 5.52 Å². The summed E-state index contributed by atoms with van der Waals surface area (Å²) in [6.45, 7) is 2.89. The van der Waals surface area contributed by atoms with Gasteiger partial charge in [-0.1, -0.05) is 18.2 Å². The molecule has 1 fully saturated rings. The van der Waals surface area contributed by atoms with Crippen molar-refractivity contribution in [3.8, 4) is 0 Å². The van der Waals surface area contributed by atoms with Crippen LogP contribution in [0.3, 0.4) is 0 Å². The number of nitrogens with one attached hydrogen (secondary N) is 1. The van der Waals surface area contributed by atoms with Crippen LogP contribution in [0.1, 0.15) is 34.7 Å². The number of carbonyl (C=O) groups excluding carboxylic acids is 1. The highest BCUT2D eigenvalue weighted by atomic mass is 19.1. The zero-order valence-electron chi connectivity index (χ0n) is 14.5. The second-order valence-electron chi connectivity index (χ2n) is 6.62. The van der Waals surface area contributed by atoms with Crippen LogP contribution in [-0.2, 0) is 10.3 Å². The molecule has 6 heteroatoms. The van der Waals surface area contributed by atoms with E-state index < -0.39 is 5.54 Å². The average Bonchev–Trinajstić information content (AvgIpc) is 3.00. The molecule has 5 nitrogen and oxygen atoms in total. The first-order valence-corrected chi connectivity index (χ1v) is 8.69. The number of carbonyl (C=O) groups is 1. The Labute approximate surface area is 150 Å². The van der Waals surface area contributed by atoms with E-state index in [1.165, 1.54) is 12.1 Å². The smallest absolute Gasteiger partial charge is 0.272 e. The maximum absolute atomic E-state index is 13.8. The average molecular weight is 353 g/mol. The molecule has 0 bridgehead atoms. The Morgan fingerprint density at radius 1 is 1.23 bits per heavy atom. The quantitative estimate of drug-likeness (QED) is 0.787. The molecule has 0 unspecified atom stereocenters. The van der Waals surface area contributed by atoms with Crippen molar-refractivity contribution in [2.24, 2.45) is 0 Å². The van der Waals surface area contributed by atoms with Crippen LogP contribution in [0.2, 0.25) is 0 Å². The summed E-state index contributed by atoms with van der Waals surface area (Å²) in [6, 6.07) is 12.1. The van der Waals surface area contributed by atoms with Crippen LogP contribution in [0.15, 0.2) is 48.7 Å². The number of imidazole rings is 1. The highest BCUT2D eigenvalue weighted by Gasteiger charge is 2.37. The van der Waals surface area contributed by atoms with Crippen molar-refractivity contribution < 1.29 is 13.9 Å². The van der Waals surface area contributed by atoms with Crippen molar-refractivity contribution in [1.29, 1.82) is 0 Å². The predicted octanol–water partition coefficient (Wildman–Crippen LogP) is 3.22. The number of benzene rings is 1. The summed E-state index contributed by atoms with van der Waals surface area (Å²) >= 11 is 0. The Morgan fingerprint density at radius 3 is 2.81 bits per heavy atom. The first-order chi connectivity index (χ1) is 12.6. The lowest BCUT2D eigenvalue weighted by atomic mass is 9.82. The molecule has 0 atom stereocenters. The van der Waals surface area contributed by atoms with E-state index in [-0.39, 0.29) is 11.7 Å². The number of pyridine rings is 1. The minimum absolute atomic E-state index is 0.257. The number of aromatic nitrogens is 2. The van der Waals surface area contributed by atoms with Crippen LogP contribution in [0, 0.1) is 12.7 Å². The third kappa shape index (κ3) is 2.86. The summed E-state index contributed by atoms with van der Waals surface area (Å²) in [7, 11) is 0. The van der Waals surface area contributed by atoms with Gasteiger partial charge >= 0.3 is 0 Å². The molecule has 3 aromatic rings. The zero-order chi connectivity index (χ0) is 18.1. The van der Waals surface area contributed by atoms with Crippen molar-refractivity contribution in [3.63, 3.8) is 0 Å². The lowest BCUT2D eigenvalue weighted by Crippen LogP contribution is -2.49. The maximum Gasteiger partial charge on any atom is 0.272 e. The third-order valence-electron chi connectivity index (χ3n) is 5.02. The Hall–Kier alpha value is -2.73. The monoisotopic (exact) mass is 353 g/mol. The molecule has 1 saturated heterocycles. The Balaban J connectivity index is 1.73. The largest absolute Gasteiger partial charge is 0.381 e. The van der Waals surface area contributed by atoms with Crippen LogP contribution in [-0.4, -0.2) is 28.5 Å². The van der Waals surface area contributed by atoms with E-state index in [4.69, 9.17) is 4.74 Å². The SMILES string of the molecule is Cc1nc(C(=O)NC2(c3cccc(F)c3)CCOCC2)c2ccccn12. The number of hydrogen-bond donors (Lipinski definition) is 1. The van der Waals surface area contributed by atoms with E-state index in [9.17, 15) is 9.18 Å². The van der Waals surface area contributed by atoms with E-state index in [0.29, 0.717) is 31.7 Å². The minimum Gasteiger partial charge on any atom is -0.381 e. The molecule has 3 heterocycles. The van der Waals surface area contributed by atoms with Crippen molar-refractivity contribution >= 4 is 11.4 Å². The normalized spacial score (nSPS) is 16.5. The Bertz CT molecular complexity index is 961. The number of nitrogens with zero attached hydrogens (tertiary/aromatic N) is 2. The van der Waals surface area contributed by atoms with Gasteiger partial charge in [0, 0.05) is 19.4 Å². The van der Waals surface area contributed by atoms with E-state index >= 15 is 0 Å². The van der Waals surface area contributed by atoms with Gasteiger partial charge in [0.15, 0.2) is 5.69 Å². The zero-order valence-corrected chi connectivity index (χ0v) is 14.5. The summed E-state index contributed by atoms with van der Waals surface area (Å²) in [5.74, 6) is 0.177. The topological polar surface area (TPSA) is 55.6 Å². The fraction of sp³-hybridized carbons (Fsp3) is 0.300. The summed E-state index contributed by atoms with van der Waals surface area (Å²) in [5.41, 5.74) is 1.24. The molecule has 0 saturated carbocycles. The second kappa shape index (κ2) is 6.53. The van der Waals surface area contributed by atoms with E-state index in [1.54, 1.807) is 6.07 Å². The van der Waals surface area contributed by atoms with Crippen molar-refractivity contribution in [3.05, 3.63) is 71.6 Å². The van der Waals surface area contributed by atoms with Crippen LogP contribution < -0.4 is 5.32 Å². The maximum atomic E-state index is 13.8. The van der Waals surface area contributed by atoms with Gasteiger partial charge in [-0.25, -0.2) is 9.37 Å². The molecule has 1 aliphatic heterocycles. The number of rotatable bonds is 3. The lowest BCUT2D eigenvalue weighted by molar-refractivity contribution is 0.0343. The molecule has 1 aliphatic rings. The molecule has 1 N–H and O–H groups in total. The predicted molar refractivity (Wildman–Crippen MR) is 95.5 cm³/mol. The fourth-order valence-corrected chi connectivity index (χ4v) is 3.63. The Kier molecular flexibility index (Phi) is 4.20. The number of amides is 1. The van der Waals surface area contributed by atoms with E-state index in [0.717, 1.165) is 16.9 Å². The van der Waals surface area contributed by atoms with Gasteiger partial charge < -0.3 is 14.5 Å². The summed E-state index contributed by atoms with van der Waals surface area (Å²) in [5, 5.41) is 3.14. The number of hydrogen-bond acceptors (Lipinski definition) is 3. The molecule has 1 aromatic carbocycles. The standard InChI is InChI=1S/C20H20FN3O2/c1-14-22-18(17-7-2-3-10-24(14)17)19(25)23-20(8-11-26-12-9-20)15-5-4-6-16(21)13-15/h2-7,10,13H,8-9,11-12H2,1H3,(H,23,25). The molecule has 0 spiro atoms. The molecule has 0 aliphatic carbocycles. The van der Waals surface area contributed by atoms with Gasteiger partial charge in [-0.15, -0.1) is 0 Å². The first-order valence-electron chi connectivity index (χ1n) is 8.69.